The van der Waals surface area contributed by atoms with Gasteiger partial charge in [0.05, 0.1) is 22.9 Å². The molecule has 3 aromatic rings. The van der Waals surface area contributed by atoms with Crippen molar-refractivity contribution in [3.8, 4) is 11.3 Å². The molecule has 4 heterocycles. The lowest BCUT2D eigenvalue weighted by Crippen LogP contribution is -2.30. The van der Waals surface area contributed by atoms with Gasteiger partial charge < -0.3 is 10.5 Å². The molecule has 2 aliphatic rings. The molecule has 0 amide bonds. The van der Waals surface area contributed by atoms with Gasteiger partial charge in [0.1, 0.15) is 6.33 Å². The Morgan fingerprint density at radius 3 is 2.93 bits per heavy atom. The van der Waals surface area contributed by atoms with Crippen molar-refractivity contribution in [3.05, 3.63) is 36.3 Å². The molecule has 0 radical (unpaired) electrons. The first-order valence-corrected chi connectivity index (χ1v) is 10.6. The van der Waals surface area contributed by atoms with Crippen LogP contribution in [0.25, 0.3) is 16.9 Å². The van der Waals surface area contributed by atoms with Gasteiger partial charge in [0.25, 0.3) is 0 Å². The molecule has 0 unspecified atom stereocenters. The number of nitrogens with zero attached hydrogens (tertiary/aromatic N) is 5. The number of fused-ring (bicyclic) bond motifs is 2. The molecule has 28 heavy (non-hydrogen) atoms. The van der Waals surface area contributed by atoms with Crippen LogP contribution in [0.3, 0.4) is 0 Å². The van der Waals surface area contributed by atoms with E-state index in [2.05, 4.69) is 15.1 Å². The fraction of sp³-hybridized carbons (Fsp3) is 0.389. The average Bonchev–Trinajstić information content (AvgIpc) is 3.37. The Balaban J connectivity index is 1.57. The van der Waals surface area contributed by atoms with Crippen molar-refractivity contribution in [1.82, 2.24) is 23.9 Å². The van der Waals surface area contributed by atoms with Crippen LogP contribution in [0.1, 0.15) is 12.0 Å². The van der Waals surface area contributed by atoms with Gasteiger partial charge in [-0.2, -0.15) is 9.40 Å². The SMILES string of the molecule is Cc1ccc(S(=O)(=O)N2C[C@@H]3CCO[C@@H]3C2)cc1-c1cnc2c(N)ncnn12. The quantitative estimate of drug-likeness (QED) is 0.700. The third kappa shape index (κ3) is 2.60. The monoisotopic (exact) mass is 400 g/mol. The van der Waals surface area contributed by atoms with E-state index >= 15 is 0 Å². The highest BCUT2D eigenvalue weighted by Crippen LogP contribution is 2.34. The largest absolute Gasteiger partial charge is 0.381 e. The summed E-state index contributed by atoms with van der Waals surface area (Å²) in [7, 11) is -3.61. The predicted octanol–water partition coefficient (Wildman–Crippen LogP) is 1.09. The molecular weight excluding hydrogens is 380 g/mol. The topological polar surface area (TPSA) is 116 Å². The highest BCUT2D eigenvalue weighted by atomic mass is 32.2. The lowest BCUT2D eigenvalue weighted by molar-refractivity contribution is 0.107. The van der Waals surface area contributed by atoms with Gasteiger partial charge in [-0.05, 0) is 31.0 Å². The number of hydrogen-bond acceptors (Lipinski definition) is 7. The van der Waals surface area contributed by atoms with Crippen LogP contribution in [-0.4, -0.2) is 58.1 Å². The van der Waals surface area contributed by atoms with Gasteiger partial charge in [0.15, 0.2) is 11.5 Å². The number of aromatic nitrogens is 4. The predicted molar refractivity (Wildman–Crippen MR) is 102 cm³/mol. The Hall–Kier alpha value is -2.56. The summed E-state index contributed by atoms with van der Waals surface area (Å²) in [6, 6.07) is 5.14. The van der Waals surface area contributed by atoms with Gasteiger partial charge in [0.2, 0.25) is 10.0 Å². The molecule has 10 heteroatoms. The molecule has 1 aromatic carbocycles. The average molecular weight is 400 g/mol. The summed E-state index contributed by atoms with van der Waals surface area (Å²) < 4.78 is 35.2. The normalized spacial score (nSPS) is 22.8. The maximum atomic E-state index is 13.2. The van der Waals surface area contributed by atoms with Crippen LogP contribution in [0, 0.1) is 12.8 Å². The summed E-state index contributed by atoms with van der Waals surface area (Å²) in [5.74, 6) is 0.560. The molecule has 2 fully saturated rings. The third-order valence-electron chi connectivity index (χ3n) is 5.62. The zero-order valence-corrected chi connectivity index (χ0v) is 16.1. The number of rotatable bonds is 3. The molecule has 2 N–H and O–H groups in total. The molecule has 2 saturated heterocycles. The molecule has 5 rings (SSSR count). The molecule has 2 aromatic heterocycles. The second-order valence-electron chi connectivity index (χ2n) is 7.28. The maximum Gasteiger partial charge on any atom is 0.243 e. The van der Waals surface area contributed by atoms with Gasteiger partial charge in [-0.25, -0.2) is 22.9 Å². The summed E-state index contributed by atoms with van der Waals surface area (Å²) in [5, 5.41) is 4.21. The Bertz CT molecular complexity index is 1160. The summed E-state index contributed by atoms with van der Waals surface area (Å²) in [4.78, 5) is 8.48. The Morgan fingerprint density at radius 2 is 2.11 bits per heavy atom. The van der Waals surface area contributed by atoms with Crippen LogP contribution in [0.4, 0.5) is 5.82 Å². The summed E-state index contributed by atoms with van der Waals surface area (Å²) in [6.45, 7) is 3.56. The van der Waals surface area contributed by atoms with Crippen molar-refractivity contribution in [2.75, 3.05) is 25.4 Å². The zero-order valence-electron chi connectivity index (χ0n) is 15.3. The van der Waals surface area contributed by atoms with Gasteiger partial charge >= 0.3 is 0 Å². The van der Waals surface area contributed by atoms with Crippen molar-refractivity contribution in [3.63, 3.8) is 0 Å². The van der Waals surface area contributed by atoms with E-state index in [4.69, 9.17) is 10.5 Å². The van der Waals surface area contributed by atoms with E-state index in [0.29, 0.717) is 24.4 Å². The van der Waals surface area contributed by atoms with E-state index in [0.717, 1.165) is 24.2 Å². The molecule has 2 aliphatic heterocycles. The second kappa shape index (κ2) is 6.23. The van der Waals surface area contributed by atoms with E-state index in [-0.39, 0.29) is 22.7 Å². The lowest BCUT2D eigenvalue weighted by atomic mass is 10.1. The van der Waals surface area contributed by atoms with Gasteiger partial charge in [0, 0.05) is 31.2 Å². The van der Waals surface area contributed by atoms with E-state index in [9.17, 15) is 8.42 Å². The first-order chi connectivity index (χ1) is 13.4. The number of hydrogen-bond donors (Lipinski definition) is 1. The minimum absolute atomic E-state index is 0.0122. The highest BCUT2D eigenvalue weighted by Gasteiger charge is 2.42. The minimum atomic E-state index is -3.61. The number of imidazole rings is 1. The van der Waals surface area contributed by atoms with Gasteiger partial charge in [-0.1, -0.05) is 6.07 Å². The number of sulfonamides is 1. The first-order valence-electron chi connectivity index (χ1n) is 9.12. The number of nitrogens with two attached hydrogens (primary N) is 1. The summed E-state index contributed by atoms with van der Waals surface area (Å²) in [6.07, 6.45) is 3.91. The van der Waals surface area contributed by atoms with Crippen LogP contribution in [0.2, 0.25) is 0 Å². The molecule has 2 atom stereocenters. The number of nitrogen functional groups attached to an aromatic ring is 1. The highest BCUT2D eigenvalue weighted by molar-refractivity contribution is 7.89. The maximum absolute atomic E-state index is 13.2. The Morgan fingerprint density at radius 1 is 1.25 bits per heavy atom. The van der Waals surface area contributed by atoms with Gasteiger partial charge in [-0.15, -0.1) is 0 Å². The van der Waals surface area contributed by atoms with Crippen LogP contribution in [0.15, 0.2) is 35.6 Å². The van der Waals surface area contributed by atoms with E-state index in [1.807, 2.05) is 6.92 Å². The number of benzene rings is 1. The van der Waals surface area contributed by atoms with Gasteiger partial charge in [-0.3, -0.25) is 0 Å². The minimum Gasteiger partial charge on any atom is -0.381 e. The number of aryl methyl sites for hydroxylation is 1. The fourth-order valence-electron chi connectivity index (χ4n) is 4.04. The Kier molecular flexibility index (Phi) is 3.90. The van der Waals surface area contributed by atoms with Crippen LogP contribution < -0.4 is 5.73 Å². The number of anilines is 1. The van der Waals surface area contributed by atoms with Crippen molar-refractivity contribution in [2.45, 2.75) is 24.3 Å². The van der Waals surface area contributed by atoms with Crippen molar-refractivity contribution >= 4 is 21.5 Å². The fourth-order valence-corrected chi connectivity index (χ4v) is 5.58. The molecule has 0 saturated carbocycles. The molecule has 0 aliphatic carbocycles. The number of ether oxygens (including phenoxy) is 1. The molecule has 0 spiro atoms. The molecule has 146 valence electrons. The molecular formula is C18H20N6O3S. The molecule has 9 nitrogen and oxygen atoms in total. The standard InChI is InChI=1S/C18H20N6O3S/c1-11-2-3-13(28(25,26)23-8-12-4-5-27-16(12)9-23)6-14(11)15-7-20-18-17(19)21-10-22-24(15)18/h2-3,6-7,10,12,16H,4-5,8-9H2,1H3,(H2,19,21,22)/t12-,16+/m0/s1. The Labute approximate surface area is 162 Å². The van der Waals surface area contributed by atoms with Crippen molar-refractivity contribution in [1.29, 1.82) is 0 Å². The second-order valence-corrected chi connectivity index (χ2v) is 9.22. The smallest absolute Gasteiger partial charge is 0.243 e. The third-order valence-corrected chi connectivity index (χ3v) is 7.45. The molecule has 0 bridgehead atoms. The van der Waals surface area contributed by atoms with Crippen LogP contribution >= 0.6 is 0 Å². The van der Waals surface area contributed by atoms with E-state index < -0.39 is 10.0 Å². The van der Waals surface area contributed by atoms with E-state index in [1.165, 1.54) is 10.6 Å². The van der Waals surface area contributed by atoms with Crippen molar-refractivity contribution < 1.29 is 13.2 Å². The van der Waals surface area contributed by atoms with Crippen LogP contribution in [0.5, 0.6) is 0 Å². The van der Waals surface area contributed by atoms with E-state index in [1.54, 1.807) is 28.9 Å². The lowest BCUT2D eigenvalue weighted by Gasteiger charge is -2.18. The summed E-state index contributed by atoms with van der Waals surface area (Å²) in [5.41, 5.74) is 8.62. The first kappa shape index (κ1) is 17.5. The zero-order chi connectivity index (χ0) is 19.5. The van der Waals surface area contributed by atoms with Crippen LogP contribution in [-0.2, 0) is 14.8 Å². The summed E-state index contributed by atoms with van der Waals surface area (Å²) >= 11 is 0. The van der Waals surface area contributed by atoms with Crippen molar-refractivity contribution in [2.24, 2.45) is 5.92 Å².